The molecular weight excluding hydrogens is 142 g/mol. The van der Waals surface area contributed by atoms with Gasteiger partial charge in [0.1, 0.15) is 11.6 Å². The van der Waals surface area contributed by atoms with Gasteiger partial charge in [-0.05, 0) is 13.0 Å². The zero-order valence-corrected chi connectivity index (χ0v) is 6.35. The minimum Gasteiger partial charge on any atom is -0.310 e. The van der Waals surface area contributed by atoms with Crippen LogP contribution in [0.15, 0.2) is 0 Å². The summed E-state index contributed by atoms with van der Waals surface area (Å²) < 4.78 is 0. The molecule has 0 aromatic heterocycles. The number of hydrogen-bond donors (Lipinski definition) is 1. The topological polar surface area (TPSA) is 46.2 Å². The van der Waals surface area contributed by atoms with Gasteiger partial charge in [-0.3, -0.25) is 9.59 Å². The van der Waals surface area contributed by atoms with Crippen LogP contribution in [0.4, 0.5) is 0 Å². The van der Waals surface area contributed by atoms with Gasteiger partial charge in [0.25, 0.3) is 0 Å². The molecule has 0 radical (unpaired) electrons. The fraction of sp³-hybridized carbons (Fsp3) is 0.750. The fourth-order valence-electron chi connectivity index (χ4n) is 1.94. The van der Waals surface area contributed by atoms with Crippen LogP contribution in [0, 0.1) is 0 Å². The van der Waals surface area contributed by atoms with Crippen LogP contribution in [-0.4, -0.2) is 23.7 Å². The van der Waals surface area contributed by atoms with Crippen LogP contribution in [-0.2, 0) is 9.59 Å². The lowest BCUT2D eigenvalue weighted by molar-refractivity contribution is -0.133. The first-order valence-corrected chi connectivity index (χ1v) is 3.99. The third kappa shape index (κ3) is 1.09. The Labute approximate surface area is 65.2 Å². The summed E-state index contributed by atoms with van der Waals surface area (Å²) in [6.07, 6.45) is 2.30. The van der Waals surface area contributed by atoms with E-state index in [-0.39, 0.29) is 23.5 Å². The molecule has 1 heterocycles. The second-order valence-corrected chi connectivity index (χ2v) is 3.56. The van der Waals surface area contributed by atoms with Gasteiger partial charge in [-0.25, -0.2) is 0 Å². The van der Waals surface area contributed by atoms with Crippen molar-refractivity contribution in [1.29, 1.82) is 0 Å². The molecule has 0 bridgehead atoms. The molecule has 1 aliphatic heterocycles. The van der Waals surface area contributed by atoms with Gasteiger partial charge < -0.3 is 5.32 Å². The number of Topliss-reactive ketones (excluding diaryl/α,β-unsaturated/α-hetero) is 2. The lowest BCUT2D eigenvalue weighted by Crippen LogP contribution is -2.60. The van der Waals surface area contributed by atoms with E-state index in [0.29, 0.717) is 12.8 Å². The van der Waals surface area contributed by atoms with Gasteiger partial charge in [0, 0.05) is 18.4 Å². The van der Waals surface area contributed by atoms with E-state index in [1.165, 1.54) is 0 Å². The first-order valence-electron chi connectivity index (χ1n) is 3.99. The number of nitrogens with one attached hydrogen (secondary N) is 1. The number of carbonyl (C=O) groups excluding carboxylic acids is 2. The molecule has 1 N–H and O–H groups in total. The quantitative estimate of drug-likeness (QED) is 0.500. The Bertz CT molecular complexity index is 200. The molecule has 1 aliphatic carbocycles. The van der Waals surface area contributed by atoms with Gasteiger partial charge in [-0.15, -0.1) is 0 Å². The second kappa shape index (κ2) is 2.14. The summed E-state index contributed by atoms with van der Waals surface area (Å²) in [6.45, 7) is 0.959. The van der Waals surface area contributed by atoms with Gasteiger partial charge in [0.2, 0.25) is 0 Å². The Balaban J connectivity index is 2.12. The fourth-order valence-corrected chi connectivity index (χ4v) is 1.94. The Hall–Kier alpha value is -0.700. The zero-order chi connectivity index (χ0) is 7.90. The molecule has 0 unspecified atom stereocenters. The number of ketones is 2. The van der Waals surface area contributed by atoms with Crippen LogP contribution < -0.4 is 5.32 Å². The molecule has 2 aliphatic rings. The number of rotatable bonds is 0. The minimum atomic E-state index is -0.105. The number of hydrogen-bond acceptors (Lipinski definition) is 3. The lowest BCUT2D eigenvalue weighted by atomic mass is 9.74. The normalized spacial score (nSPS) is 28.7. The van der Waals surface area contributed by atoms with Crippen molar-refractivity contribution in [3.05, 3.63) is 0 Å². The van der Waals surface area contributed by atoms with E-state index < -0.39 is 0 Å². The highest BCUT2D eigenvalue weighted by atomic mass is 16.1. The molecule has 3 heteroatoms. The summed E-state index contributed by atoms with van der Waals surface area (Å²) in [7, 11) is 0. The van der Waals surface area contributed by atoms with E-state index in [1.54, 1.807) is 0 Å². The highest BCUT2D eigenvalue weighted by molar-refractivity contribution is 6.02. The summed E-state index contributed by atoms with van der Waals surface area (Å²) in [6, 6.07) is 0. The average molecular weight is 153 g/mol. The van der Waals surface area contributed by atoms with Crippen molar-refractivity contribution in [3.63, 3.8) is 0 Å². The predicted molar refractivity (Wildman–Crippen MR) is 39.2 cm³/mol. The van der Waals surface area contributed by atoms with Crippen molar-refractivity contribution >= 4 is 11.6 Å². The van der Waals surface area contributed by atoms with Crippen molar-refractivity contribution in [3.8, 4) is 0 Å². The number of carbonyl (C=O) groups is 2. The van der Waals surface area contributed by atoms with Crippen LogP contribution >= 0.6 is 0 Å². The highest BCUT2D eigenvalue weighted by Crippen LogP contribution is 2.31. The lowest BCUT2D eigenvalue weighted by Gasteiger charge is -2.44. The van der Waals surface area contributed by atoms with E-state index in [1.807, 2.05) is 0 Å². The second-order valence-electron chi connectivity index (χ2n) is 3.56. The summed E-state index contributed by atoms with van der Waals surface area (Å²) in [4.78, 5) is 22.0. The van der Waals surface area contributed by atoms with Gasteiger partial charge in [0.05, 0.1) is 6.42 Å². The van der Waals surface area contributed by atoms with E-state index in [4.69, 9.17) is 0 Å². The molecule has 1 saturated heterocycles. The van der Waals surface area contributed by atoms with E-state index in [2.05, 4.69) is 5.32 Å². The SMILES string of the molecule is O=C1CC(=O)CC2(CCN2)C1. The minimum absolute atomic E-state index is 0.105. The first-order chi connectivity index (χ1) is 5.20. The third-order valence-corrected chi connectivity index (χ3v) is 2.57. The van der Waals surface area contributed by atoms with Gasteiger partial charge >= 0.3 is 0 Å². The maximum atomic E-state index is 11.0. The van der Waals surface area contributed by atoms with Crippen molar-refractivity contribution in [2.45, 2.75) is 31.2 Å². The highest BCUT2D eigenvalue weighted by Gasteiger charge is 2.43. The maximum Gasteiger partial charge on any atom is 0.142 e. The molecule has 0 aromatic rings. The van der Waals surface area contributed by atoms with Crippen molar-refractivity contribution in [2.75, 3.05) is 6.54 Å². The molecule has 11 heavy (non-hydrogen) atoms. The molecule has 3 nitrogen and oxygen atoms in total. The molecular formula is C8H11NO2. The van der Waals surface area contributed by atoms with E-state index in [9.17, 15) is 9.59 Å². The van der Waals surface area contributed by atoms with E-state index in [0.717, 1.165) is 13.0 Å². The Morgan fingerprint density at radius 2 is 1.73 bits per heavy atom. The Morgan fingerprint density at radius 3 is 2.09 bits per heavy atom. The Kier molecular flexibility index (Phi) is 1.36. The van der Waals surface area contributed by atoms with Crippen molar-refractivity contribution in [1.82, 2.24) is 5.32 Å². The standard InChI is InChI=1S/C8H11NO2/c10-6-3-7(11)5-8(4-6)1-2-9-8/h9H,1-5H2. The zero-order valence-electron chi connectivity index (χ0n) is 6.35. The third-order valence-electron chi connectivity index (χ3n) is 2.57. The summed E-state index contributed by atoms with van der Waals surface area (Å²) >= 11 is 0. The van der Waals surface area contributed by atoms with Crippen molar-refractivity contribution < 1.29 is 9.59 Å². The van der Waals surface area contributed by atoms with Gasteiger partial charge in [-0.1, -0.05) is 0 Å². The van der Waals surface area contributed by atoms with Crippen LogP contribution in [0.1, 0.15) is 25.7 Å². The first kappa shape index (κ1) is 6.98. The summed E-state index contributed by atoms with van der Waals surface area (Å²) in [5.74, 6) is 0.210. The van der Waals surface area contributed by atoms with Crippen LogP contribution in [0.3, 0.4) is 0 Å². The largest absolute Gasteiger partial charge is 0.310 e. The molecule has 0 amide bonds. The molecule has 0 atom stereocenters. The summed E-state index contributed by atoms with van der Waals surface area (Å²) in [5, 5.41) is 3.18. The molecule has 2 fully saturated rings. The molecule has 60 valence electrons. The van der Waals surface area contributed by atoms with Gasteiger partial charge in [-0.2, -0.15) is 0 Å². The van der Waals surface area contributed by atoms with Crippen LogP contribution in [0.5, 0.6) is 0 Å². The van der Waals surface area contributed by atoms with Crippen molar-refractivity contribution in [2.24, 2.45) is 0 Å². The van der Waals surface area contributed by atoms with Gasteiger partial charge in [0.15, 0.2) is 0 Å². The Morgan fingerprint density at radius 1 is 1.18 bits per heavy atom. The average Bonchev–Trinajstić information content (AvgIpc) is 1.82. The van der Waals surface area contributed by atoms with Crippen LogP contribution in [0.2, 0.25) is 0 Å². The smallest absolute Gasteiger partial charge is 0.142 e. The maximum absolute atomic E-state index is 11.0. The summed E-state index contributed by atoms with van der Waals surface area (Å²) in [5.41, 5.74) is -0.105. The molecule has 1 saturated carbocycles. The van der Waals surface area contributed by atoms with E-state index >= 15 is 0 Å². The predicted octanol–water partition coefficient (Wildman–Crippen LogP) is 0.0406. The van der Waals surface area contributed by atoms with Crippen LogP contribution in [0.25, 0.3) is 0 Å². The monoisotopic (exact) mass is 153 g/mol. The molecule has 1 spiro atoms. The molecule has 2 rings (SSSR count). The molecule has 0 aromatic carbocycles.